The molecule has 122 valence electrons. The molecular formula is C19H24N2OS. The Bertz CT molecular complexity index is 653. The molecule has 0 aliphatic rings. The Morgan fingerprint density at radius 1 is 1.04 bits per heavy atom. The standard InChI is InChI=1S/C19H24N2OS/c1-13(2)22-18-7-5-6-17(12-18)21-19(23)20-15(4)16-10-8-14(3)9-11-16/h5-13,15H,1-4H3,(H2,20,21,23)/t15-/m0/s1. The summed E-state index contributed by atoms with van der Waals surface area (Å²) in [5, 5.41) is 7.11. The van der Waals surface area contributed by atoms with Crippen molar-refractivity contribution in [2.24, 2.45) is 0 Å². The van der Waals surface area contributed by atoms with Crippen LogP contribution in [0.2, 0.25) is 0 Å². The van der Waals surface area contributed by atoms with E-state index in [4.69, 9.17) is 17.0 Å². The number of benzene rings is 2. The van der Waals surface area contributed by atoms with E-state index in [2.05, 4.69) is 48.7 Å². The number of ether oxygens (including phenoxy) is 1. The van der Waals surface area contributed by atoms with Gasteiger partial charge >= 0.3 is 0 Å². The van der Waals surface area contributed by atoms with Crippen molar-refractivity contribution < 1.29 is 4.74 Å². The van der Waals surface area contributed by atoms with Crippen molar-refractivity contribution in [1.29, 1.82) is 0 Å². The van der Waals surface area contributed by atoms with Crippen LogP contribution in [0.15, 0.2) is 48.5 Å². The number of rotatable bonds is 5. The van der Waals surface area contributed by atoms with Crippen LogP contribution in [0, 0.1) is 6.92 Å². The fourth-order valence-corrected chi connectivity index (χ4v) is 2.52. The lowest BCUT2D eigenvalue weighted by atomic mass is 10.1. The summed E-state index contributed by atoms with van der Waals surface area (Å²) in [6, 6.07) is 16.4. The summed E-state index contributed by atoms with van der Waals surface area (Å²) in [6.07, 6.45) is 0.150. The van der Waals surface area contributed by atoms with Crippen LogP contribution in [-0.2, 0) is 0 Å². The lowest BCUT2D eigenvalue weighted by Crippen LogP contribution is -2.30. The minimum atomic E-state index is 0.144. The van der Waals surface area contributed by atoms with Gasteiger partial charge in [-0.15, -0.1) is 0 Å². The van der Waals surface area contributed by atoms with Crippen molar-refractivity contribution >= 4 is 23.0 Å². The zero-order valence-electron chi connectivity index (χ0n) is 14.1. The van der Waals surface area contributed by atoms with Gasteiger partial charge in [-0.2, -0.15) is 0 Å². The third kappa shape index (κ3) is 5.57. The Balaban J connectivity index is 1.95. The van der Waals surface area contributed by atoms with E-state index >= 15 is 0 Å². The summed E-state index contributed by atoms with van der Waals surface area (Å²) in [7, 11) is 0. The maximum Gasteiger partial charge on any atom is 0.171 e. The van der Waals surface area contributed by atoms with Crippen LogP contribution < -0.4 is 15.4 Å². The normalized spacial score (nSPS) is 11.9. The molecule has 0 saturated heterocycles. The Morgan fingerprint density at radius 2 is 1.74 bits per heavy atom. The van der Waals surface area contributed by atoms with Crippen LogP contribution in [0.5, 0.6) is 5.75 Å². The second kappa shape index (κ2) is 7.97. The summed E-state index contributed by atoms with van der Waals surface area (Å²) >= 11 is 5.41. The van der Waals surface area contributed by atoms with Crippen molar-refractivity contribution in [1.82, 2.24) is 5.32 Å². The highest BCUT2D eigenvalue weighted by molar-refractivity contribution is 7.80. The highest BCUT2D eigenvalue weighted by Gasteiger charge is 2.07. The van der Waals surface area contributed by atoms with Gasteiger partial charge in [0.05, 0.1) is 12.1 Å². The first-order valence-electron chi connectivity index (χ1n) is 7.85. The first-order valence-corrected chi connectivity index (χ1v) is 8.25. The Hall–Kier alpha value is -2.07. The van der Waals surface area contributed by atoms with Crippen molar-refractivity contribution in [3.05, 3.63) is 59.7 Å². The molecule has 2 aromatic carbocycles. The van der Waals surface area contributed by atoms with E-state index in [9.17, 15) is 0 Å². The van der Waals surface area contributed by atoms with Gasteiger partial charge in [-0.3, -0.25) is 0 Å². The predicted molar refractivity (Wildman–Crippen MR) is 101 cm³/mol. The molecule has 2 N–H and O–H groups in total. The fraction of sp³-hybridized carbons (Fsp3) is 0.316. The predicted octanol–water partition coefficient (Wildman–Crippen LogP) is 4.83. The first-order chi connectivity index (χ1) is 10.9. The van der Waals surface area contributed by atoms with E-state index in [1.165, 1.54) is 11.1 Å². The third-order valence-electron chi connectivity index (χ3n) is 3.39. The molecule has 0 spiro atoms. The van der Waals surface area contributed by atoms with Crippen molar-refractivity contribution in [2.75, 3.05) is 5.32 Å². The number of anilines is 1. The minimum Gasteiger partial charge on any atom is -0.491 e. The van der Waals surface area contributed by atoms with Gasteiger partial charge < -0.3 is 15.4 Å². The molecule has 0 saturated carbocycles. The maximum absolute atomic E-state index is 5.69. The molecule has 23 heavy (non-hydrogen) atoms. The molecule has 2 rings (SSSR count). The lowest BCUT2D eigenvalue weighted by Gasteiger charge is -2.18. The molecule has 0 radical (unpaired) electrons. The number of thiocarbonyl (C=S) groups is 1. The molecule has 3 nitrogen and oxygen atoms in total. The van der Waals surface area contributed by atoms with Crippen LogP contribution in [0.4, 0.5) is 5.69 Å². The molecule has 0 heterocycles. The Labute approximate surface area is 144 Å². The van der Waals surface area contributed by atoms with Crippen LogP contribution in [0.1, 0.15) is 37.9 Å². The van der Waals surface area contributed by atoms with E-state index < -0.39 is 0 Å². The third-order valence-corrected chi connectivity index (χ3v) is 3.61. The van der Waals surface area contributed by atoms with Crippen LogP contribution in [0.25, 0.3) is 0 Å². The SMILES string of the molecule is Cc1ccc([C@H](C)NC(=S)Nc2cccc(OC(C)C)c2)cc1. The van der Waals surface area contributed by atoms with Gasteiger partial charge in [0, 0.05) is 11.8 Å². The van der Waals surface area contributed by atoms with Crippen LogP contribution in [0.3, 0.4) is 0 Å². The van der Waals surface area contributed by atoms with E-state index in [0.29, 0.717) is 5.11 Å². The second-order valence-corrected chi connectivity index (χ2v) is 6.33. The average molecular weight is 328 g/mol. The molecular weight excluding hydrogens is 304 g/mol. The smallest absolute Gasteiger partial charge is 0.171 e. The molecule has 0 aliphatic carbocycles. The largest absolute Gasteiger partial charge is 0.491 e. The Kier molecular flexibility index (Phi) is 5.99. The van der Waals surface area contributed by atoms with Crippen molar-refractivity contribution in [2.45, 2.75) is 39.8 Å². The molecule has 2 aromatic rings. The number of aryl methyl sites for hydroxylation is 1. The summed E-state index contributed by atoms with van der Waals surface area (Å²) in [5.41, 5.74) is 3.37. The Morgan fingerprint density at radius 3 is 2.39 bits per heavy atom. The van der Waals surface area contributed by atoms with Crippen LogP contribution in [-0.4, -0.2) is 11.2 Å². The van der Waals surface area contributed by atoms with Gasteiger partial charge in [-0.1, -0.05) is 35.9 Å². The summed E-state index contributed by atoms with van der Waals surface area (Å²) in [4.78, 5) is 0. The molecule has 0 fully saturated rings. The van der Waals surface area contributed by atoms with Gasteiger partial charge in [0.2, 0.25) is 0 Å². The highest BCUT2D eigenvalue weighted by atomic mass is 32.1. The highest BCUT2D eigenvalue weighted by Crippen LogP contribution is 2.19. The van der Waals surface area contributed by atoms with Gasteiger partial charge in [-0.25, -0.2) is 0 Å². The number of hydrogen-bond donors (Lipinski definition) is 2. The quantitative estimate of drug-likeness (QED) is 0.770. The van der Waals surface area contributed by atoms with Gasteiger partial charge in [0.1, 0.15) is 5.75 Å². The molecule has 0 amide bonds. The van der Waals surface area contributed by atoms with Crippen molar-refractivity contribution in [3.63, 3.8) is 0 Å². The van der Waals surface area contributed by atoms with E-state index in [0.717, 1.165) is 11.4 Å². The zero-order chi connectivity index (χ0) is 16.8. The number of nitrogens with one attached hydrogen (secondary N) is 2. The maximum atomic E-state index is 5.69. The monoisotopic (exact) mass is 328 g/mol. The molecule has 0 unspecified atom stereocenters. The lowest BCUT2D eigenvalue weighted by molar-refractivity contribution is 0.242. The topological polar surface area (TPSA) is 33.3 Å². The molecule has 0 bridgehead atoms. The van der Waals surface area contributed by atoms with Gasteiger partial charge in [-0.05, 0) is 57.6 Å². The summed E-state index contributed by atoms with van der Waals surface area (Å²) in [6.45, 7) is 8.20. The van der Waals surface area contributed by atoms with Crippen LogP contribution >= 0.6 is 12.2 Å². The molecule has 0 aliphatic heterocycles. The zero-order valence-corrected chi connectivity index (χ0v) is 14.9. The van der Waals surface area contributed by atoms with E-state index in [1.807, 2.05) is 38.1 Å². The first kappa shape index (κ1) is 17.3. The van der Waals surface area contributed by atoms with E-state index in [-0.39, 0.29) is 12.1 Å². The summed E-state index contributed by atoms with van der Waals surface area (Å²) < 4.78 is 5.69. The average Bonchev–Trinajstić information content (AvgIpc) is 2.47. The minimum absolute atomic E-state index is 0.144. The van der Waals surface area contributed by atoms with Gasteiger partial charge in [0.25, 0.3) is 0 Å². The van der Waals surface area contributed by atoms with Gasteiger partial charge in [0.15, 0.2) is 5.11 Å². The number of hydrogen-bond acceptors (Lipinski definition) is 2. The summed E-state index contributed by atoms with van der Waals surface area (Å²) in [5.74, 6) is 0.833. The van der Waals surface area contributed by atoms with E-state index in [1.54, 1.807) is 0 Å². The molecule has 4 heteroatoms. The van der Waals surface area contributed by atoms with Crippen molar-refractivity contribution in [3.8, 4) is 5.75 Å². The molecule has 0 aromatic heterocycles. The second-order valence-electron chi connectivity index (χ2n) is 5.93. The molecule has 1 atom stereocenters. The fourth-order valence-electron chi connectivity index (χ4n) is 2.22.